The third-order valence-electron chi connectivity index (χ3n) is 3.64. The quantitative estimate of drug-likeness (QED) is 0.799. The Balaban J connectivity index is 1.65. The summed E-state index contributed by atoms with van der Waals surface area (Å²) in [5.74, 6) is 0.804. The predicted octanol–water partition coefficient (Wildman–Crippen LogP) is 1.47. The van der Waals surface area contributed by atoms with E-state index in [4.69, 9.17) is 9.47 Å². The number of piperidine rings is 1. The Hall–Kier alpha value is -1.59. The van der Waals surface area contributed by atoms with Gasteiger partial charge in [-0.2, -0.15) is 0 Å². The van der Waals surface area contributed by atoms with E-state index in [0.29, 0.717) is 25.7 Å². The summed E-state index contributed by atoms with van der Waals surface area (Å²) in [5.41, 5.74) is 0.979. The van der Waals surface area contributed by atoms with Gasteiger partial charge in [-0.1, -0.05) is 18.2 Å². The highest BCUT2D eigenvalue weighted by atomic mass is 16.5. The number of para-hydroxylation sites is 1. The Bertz CT molecular complexity index is 445. The van der Waals surface area contributed by atoms with Crippen molar-refractivity contribution in [3.63, 3.8) is 0 Å². The average Bonchev–Trinajstić information content (AvgIpc) is 2.54. The maximum absolute atomic E-state index is 11.8. The highest BCUT2D eigenvalue weighted by Crippen LogP contribution is 2.16. The molecule has 1 aliphatic heterocycles. The van der Waals surface area contributed by atoms with Gasteiger partial charge in [-0.15, -0.1) is 0 Å². The number of benzene rings is 1. The van der Waals surface area contributed by atoms with Crippen molar-refractivity contribution in [3.05, 3.63) is 29.8 Å². The zero-order chi connectivity index (χ0) is 14.9. The Kier molecular flexibility index (Phi) is 6.50. The molecule has 1 fully saturated rings. The molecule has 0 unspecified atom stereocenters. The number of methoxy groups -OCH3 is 1. The minimum absolute atomic E-state index is 0.00911. The second kappa shape index (κ2) is 8.64. The van der Waals surface area contributed by atoms with Crippen LogP contribution in [0, 0.1) is 0 Å². The summed E-state index contributed by atoms with van der Waals surface area (Å²) in [6, 6.07) is 7.69. The third kappa shape index (κ3) is 5.36. The smallest absolute Gasteiger partial charge is 0.222 e. The zero-order valence-electron chi connectivity index (χ0n) is 12.6. The van der Waals surface area contributed by atoms with Crippen molar-refractivity contribution < 1.29 is 14.3 Å². The standard InChI is InChI=1S/C16H24N2O3/c1-20-15-5-3-2-4-13(15)12-18-16(19)8-11-21-14-6-9-17-10-7-14/h2-5,14,17H,6-12H2,1H3,(H,18,19). The lowest BCUT2D eigenvalue weighted by Crippen LogP contribution is -2.33. The topological polar surface area (TPSA) is 59.6 Å². The normalized spacial score (nSPS) is 15.7. The summed E-state index contributed by atoms with van der Waals surface area (Å²) in [6.45, 7) is 2.98. The van der Waals surface area contributed by atoms with Crippen LogP contribution in [0.4, 0.5) is 0 Å². The Labute approximate surface area is 126 Å². The van der Waals surface area contributed by atoms with E-state index in [-0.39, 0.29) is 5.91 Å². The molecule has 0 saturated carbocycles. The lowest BCUT2D eigenvalue weighted by atomic mass is 10.1. The van der Waals surface area contributed by atoms with Gasteiger partial charge in [-0.05, 0) is 32.0 Å². The molecule has 5 heteroatoms. The van der Waals surface area contributed by atoms with Crippen molar-refractivity contribution in [2.45, 2.75) is 31.9 Å². The Morgan fingerprint density at radius 3 is 2.86 bits per heavy atom. The lowest BCUT2D eigenvalue weighted by molar-refractivity contribution is -0.122. The SMILES string of the molecule is COc1ccccc1CNC(=O)CCOC1CCNCC1. The summed E-state index contributed by atoms with van der Waals surface area (Å²) >= 11 is 0. The van der Waals surface area contributed by atoms with Crippen molar-refractivity contribution in [2.75, 3.05) is 26.8 Å². The number of amides is 1. The molecule has 2 rings (SSSR count). The van der Waals surface area contributed by atoms with Crippen molar-refractivity contribution in [3.8, 4) is 5.75 Å². The molecule has 0 spiro atoms. The number of nitrogens with one attached hydrogen (secondary N) is 2. The van der Waals surface area contributed by atoms with E-state index in [2.05, 4.69) is 10.6 Å². The maximum atomic E-state index is 11.8. The summed E-state index contributed by atoms with van der Waals surface area (Å²) in [6.07, 6.45) is 2.76. The average molecular weight is 292 g/mol. The molecule has 0 bridgehead atoms. The van der Waals surface area contributed by atoms with Crippen LogP contribution in [0.15, 0.2) is 24.3 Å². The fourth-order valence-corrected chi connectivity index (χ4v) is 2.41. The van der Waals surface area contributed by atoms with Crippen molar-refractivity contribution in [2.24, 2.45) is 0 Å². The van der Waals surface area contributed by atoms with Crippen molar-refractivity contribution in [1.82, 2.24) is 10.6 Å². The third-order valence-corrected chi connectivity index (χ3v) is 3.64. The molecule has 0 radical (unpaired) electrons. The summed E-state index contributed by atoms with van der Waals surface area (Å²) in [7, 11) is 1.63. The van der Waals surface area contributed by atoms with Crippen molar-refractivity contribution >= 4 is 5.91 Å². The molecule has 1 aromatic rings. The molecule has 1 saturated heterocycles. The molecule has 1 aromatic carbocycles. The van der Waals surface area contributed by atoms with E-state index in [0.717, 1.165) is 37.2 Å². The highest BCUT2D eigenvalue weighted by Gasteiger charge is 2.13. The van der Waals surface area contributed by atoms with Gasteiger partial charge in [-0.25, -0.2) is 0 Å². The Morgan fingerprint density at radius 2 is 2.10 bits per heavy atom. The molecule has 1 aliphatic rings. The summed E-state index contributed by atoms with van der Waals surface area (Å²) in [5, 5.41) is 6.19. The van der Waals surface area contributed by atoms with E-state index in [1.54, 1.807) is 7.11 Å². The van der Waals surface area contributed by atoms with Gasteiger partial charge in [0.05, 0.1) is 19.8 Å². The van der Waals surface area contributed by atoms with Crippen LogP contribution in [-0.2, 0) is 16.1 Å². The minimum Gasteiger partial charge on any atom is -0.496 e. The number of carbonyl (C=O) groups is 1. The first kappa shape index (κ1) is 15.8. The first-order valence-electron chi connectivity index (χ1n) is 7.50. The van der Waals surface area contributed by atoms with Crippen LogP contribution in [-0.4, -0.2) is 38.8 Å². The fourth-order valence-electron chi connectivity index (χ4n) is 2.41. The highest BCUT2D eigenvalue weighted by molar-refractivity contribution is 5.76. The largest absolute Gasteiger partial charge is 0.496 e. The number of hydrogen-bond acceptors (Lipinski definition) is 4. The summed E-state index contributed by atoms with van der Waals surface area (Å²) < 4.78 is 11.0. The maximum Gasteiger partial charge on any atom is 0.222 e. The second-order valence-corrected chi connectivity index (χ2v) is 5.16. The number of rotatable bonds is 7. The number of carbonyl (C=O) groups excluding carboxylic acids is 1. The van der Waals surface area contributed by atoms with Crippen LogP contribution in [0.5, 0.6) is 5.75 Å². The van der Waals surface area contributed by atoms with Gasteiger partial charge in [-0.3, -0.25) is 4.79 Å². The molecule has 0 aromatic heterocycles. The van der Waals surface area contributed by atoms with Gasteiger partial charge in [0.2, 0.25) is 5.91 Å². The van der Waals surface area contributed by atoms with Crippen LogP contribution in [0.2, 0.25) is 0 Å². The second-order valence-electron chi connectivity index (χ2n) is 5.16. The van der Waals surface area contributed by atoms with Crippen LogP contribution >= 0.6 is 0 Å². The molecular formula is C16H24N2O3. The van der Waals surface area contributed by atoms with E-state index in [9.17, 15) is 4.79 Å². The first-order chi connectivity index (χ1) is 10.3. The van der Waals surface area contributed by atoms with Gasteiger partial charge >= 0.3 is 0 Å². The van der Waals surface area contributed by atoms with Crippen LogP contribution in [0.25, 0.3) is 0 Å². The monoisotopic (exact) mass is 292 g/mol. The molecule has 5 nitrogen and oxygen atoms in total. The first-order valence-corrected chi connectivity index (χ1v) is 7.50. The molecule has 116 valence electrons. The van der Waals surface area contributed by atoms with E-state index < -0.39 is 0 Å². The lowest BCUT2D eigenvalue weighted by Gasteiger charge is -2.22. The van der Waals surface area contributed by atoms with Crippen LogP contribution in [0.1, 0.15) is 24.8 Å². The predicted molar refractivity (Wildman–Crippen MR) is 81.3 cm³/mol. The van der Waals surface area contributed by atoms with E-state index in [1.165, 1.54) is 0 Å². The Morgan fingerprint density at radius 1 is 1.33 bits per heavy atom. The summed E-state index contributed by atoms with van der Waals surface area (Å²) in [4.78, 5) is 11.8. The molecule has 21 heavy (non-hydrogen) atoms. The van der Waals surface area contributed by atoms with Crippen molar-refractivity contribution in [1.29, 1.82) is 0 Å². The minimum atomic E-state index is 0.00911. The van der Waals surface area contributed by atoms with E-state index >= 15 is 0 Å². The zero-order valence-corrected chi connectivity index (χ0v) is 12.6. The number of ether oxygens (including phenoxy) is 2. The van der Waals surface area contributed by atoms with Crippen LogP contribution < -0.4 is 15.4 Å². The molecule has 2 N–H and O–H groups in total. The van der Waals surface area contributed by atoms with Gasteiger partial charge in [0.15, 0.2) is 0 Å². The van der Waals surface area contributed by atoms with Gasteiger partial charge in [0.25, 0.3) is 0 Å². The molecule has 0 aliphatic carbocycles. The fraction of sp³-hybridized carbons (Fsp3) is 0.562. The van der Waals surface area contributed by atoms with Gasteiger partial charge in [0.1, 0.15) is 5.75 Å². The van der Waals surface area contributed by atoms with Gasteiger partial charge < -0.3 is 20.1 Å². The van der Waals surface area contributed by atoms with Gasteiger partial charge in [0, 0.05) is 18.5 Å². The van der Waals surface area contributed by atoms with E-state index in [1.807, 2.05) is 24.3 Å². The molecular weight excluding hydrogens is 268 g/mol. The molecule has 1 amide bonds. The molecule has 1 heterocycles. The number of hydrogen-bond donors (Lipinski definition) is 2. The van der Waals surface area contributed by atoms with Crippen LogP contribution in [0.3, 0.4) is 0 Å². The molecule has 0 atom stereocenters.